The summed E-state index contributed by atoms with van der Waals surface area (Å²) in [5.74, 6) is 0.767. The van der Waals surface area contributed by atoms with Crippen molar-refractivity contribution >= 4 is 20.4 Å². The van der Waals surface area contributed by atoms with Crippen LogP contribution in [0.25, 0.3) is 0 Å². The molecule has 0 atom stereocenters. The molecule has 0 aromatic heterocycles. The average Bonchev–Trinajstić information content (AvgIpc) is 2.97. The van der Waals surface area contributed by atoms with E-state index in [9.17, 15) is 8.42 Å². The molecule has 0 aliphatic carbocycles. The number of ether oxygens (including phenoxy) is 1. The predicted molar refractivity (Wildman–Crippen MR) is 160 cm³/mol. The number of rotatable bonds is 14. The first-order valence-electron chi connectivity index (χ1n) is 13.6. The van der Waals surface area contributed by atoms with Gasteiger partial charge in [0.1, 0.15) is 5.75 Å². The predicted octanol–water partition coefficient (Wildman–Crippen LogP) is 9.34. The summed E-state index contributed by atoms with van der Waals surface area (Å²) in [5.41, 5.74) is 0.982. The zero-order valence-corrected chi connectivity index (χ0v) is 24.4. The molecule has 0 aliphatic heterocycles. The van der Waals surface area contributed by atoms with Gasteiger partial charge < -0.3 is 4.74 Å². The molecule has 0 N–H and O–H groups in total. The summed E-state index contributed by atoms with van der Waals surface area (Å²) in [6.45, 7) is 4.82. The van der Waals surface area contributed by atoms with Crippen molar-refractivity contribution in [2.45, 2.75) is 72.0 Å². The number of aryl methyl sites for hydroxylation is 1. The van der Waals surface area contributed by atoms with Crippen LogP contribution in [0.2, 0.25) is 0 Å². The van der Waals surface area contributed by atoms with Crippen molar-refractivity contribution in [1.29, 1.82) is 0 Å². The maximum absolute atomic E-state index is 13.8. The van der Waals surface area contributed by atoms with E-state index in [-0.39, 0.29) is 4.90 Å². The van der Waals surface area contributed by atoms with Crippen LogP contribution in [0, 0.1) is 6.92 Å². The number of unbranched alkanes of at least 4 members (excludes halogenated alkanes) is 5. The molecule has 0 spiro atoms. The molecule has 0 radical (unpaired) electrons. The van der Waals surface area contributed by atoms with Crippen LogP contribution in [0.4, 0.5) is 0 Å². The number of hydrogen-bond acceptors (Lipinski definition) is 4. The Morgan fingerprint density at radius 2 is 1.05 bits per heavy atom. The summed E-state index contributed by atoms with van der Waals surface area (Å²) in [7, 11) is -6.76. The molecule has 6 heteroatoms. The summed E-state index contributed by atoms with van der Waals surface area (Å²) < 4.78 is 40.0. The van der Waals surface area contributed by atoms with Crippen LogP contribution in [0.5, 0.6) is 5.75 Å². The van der Waals surface area contributed by atoms with Gasteiger partial charge in [-0.05, 0) is 84.3 Å². The van der Waals surface area contributed by atoms with Crippen LogP contribution >= 0.6 is 10.3 Å². The topological polar surface area (TPSA) is 52.6 Å². The third kappa shape index (κ3) is 7.33. The van der Waals surface area contributed by atoms with Crippen molar-refractivity contribution in [1.82, 2.24) is 0 Å². The maximum Gasteiger partial charge on any atom is 0.307 e. The van der Waals surface area contributed by atoms with Crippen LogP contribution in [0.1, 0.15) is 51.0 Å². The van der Waals surface area contributed by atoms with Crippen LogP contribution in [-0.2, 0) is 13.7 Å². The molecule has 0 unspecified atom stereocenters. The number of benzene rings is 4. The molecule has 39 heavy (non-hydrogen) atoms. The van der Waals surface area contributed by atoms with E-state index in [2.05, 4.69) is 6.92 Å². The number of hydrogen-bond donors (Lipinski definition) is 0. The van der Waals surface area contributed by atoms with Gasteiger partial charge in [0.15, 0.2) is 0 Å². The molecule has 4 nitrogen and oxygen atoms in total. The van der Waals surface area contributed by atoms with Gasteiger partial charge in [0.05, 0.1) is 11.5 Å². The van der Waals surface area contributed by atoms with Gasteiger partial charge in [-0.15, -0.1) is 0 Å². The molecule has 0 aliphatic rings. The molecule has 4 aromatic rings. The Morgan fingerprint density at radius 3 is 1.62 bits per heavy atom. The van der Waals surface area contributed by atoms with E-state index in [1.165, 1.54) is 25.7 Å². The molecule has 0 bridgehead atoms. The zero-order chi connectivity index (χ0) is 27.6. The molecule has 206 valence electrons. The van der Waals surface area contributed by atoms with E-state index in [1.807, 2.05) is 91.9 Å². The second-order valence-corrected chi connectivity index (χ2v) is 14.1. The fourth-order valence-corrected chi connectivity index (χ4v) is 9.65. The normalized spacial score (nSPS) is 12.3. The lowest BCUT2D eigenvalue weighted by molar-refractivity contribution is 0.304. The van der Waals surface area contributed by atoms with Gasteiger partial charge in [-0.25, -0.2) is 3.63 Å². The van der Waals surface area contributed by atoms with Gasteiger partial charge >= 0.3 is 10.1 Å². The van der Waals surface area contributed by atoms with Crippen LogP contribution in [0.3, 0.4) is 0 Å². The Labute approximate surface area is 235 Å². The lowest BCUT2D eigenvalue weighted by Gasteiger charge is -2.39. The van der Waals surface area contributed by atoms with Crippen molar-refractivity contribution in [3.05, 3.63) is 115 Å². The van der Waals surface area contributed by atoms with Crippen molar-refractivity contribution in [2.24, 2.45) is 0 Å². The highest BCUT2D eigenvalue weighted by Gasteiger charge is 2.38. The monoisotopic (exact) mass is 562 g/mol. The fraction of sp³-hybridized carbons (Fsp3) is 0.273. The Bertz CT molecular complexity index is 1350. The molecule has 0 fully saturated rings. The first-order chi connectivity index (χ1) is 19.0. The van der Waals surface area contributed by atoms with Gasteiger partial charge in [-0.2, -0.15) is 8.42 Å². The Kier molecular flexibility index (Phi) is 10.3. The van der Waals surface area contributed by atoms with Gasteiger partial charge in [0.2, 0.25) is 0 Å². The second kappa shape index (κ2) is 13.8. The molecule has 0 saturated heterocycles. The Balaban J connectivity index is 1.70. The summed E-state index contributed by atoms with van der Waals surface area (Å²) in [5, 5.41) is 0. The van der Waals surface area contributed by atoms with Crippen molar-refractivity contribution in [3.63, 3.8) is 0 Å². The molecule has 0 saturated carbocycles. The van der Waals surface area contributed by atoms with Gasteiger partial charge in [-0.1, -0.05) is 93.1 Å². The van der Waals surface area contributed by atoms with E-state index in [1.54, 1.807) is 24.3 Å². The standard InChI is InChI=1S/C33H38O4S2/c1-3-4-5-6-7-14-27-36-29-21-25-32(26-22-29)38(30-15-10-8-11-16-30,31-17-12-9-13-18-31)37-39(34,35)33-23-19-28(2)20-24-33/h8-13,15-26H,3-7,14,27H2,1-2H3. The summed E-state index contributed by atoms with van der Waals surface area (Å²) in [6, 6.07) is 33.8. The zero-order valence-electron chi connectivity index (χ0n) is 22.8. The van der Waals surface area contributed by atoms with Crippen molar-refractivity contribution in [2.75, 3.05) is 6.61 Å². The fourth-order valence-electron chi connectivity index (χ4n) is 4.43. The second-order valence-electron chi connectivity index (χ2n) is 9.61. The highest BCUT2D eigenvalue weighted by molar-refractivity contribution is 8.33. The third-order valence-corrected chi connectivity index (χ3v) is 11.8. The largest absolute Gasteiger partial charge is 0.494 e. The minimum atomic E-state index is -4.11. The quantitative estimate of drug-likeness (QED) is 0.144. The molecular formula is C33H38O4S2. The molecule has 0 heterocycles. The average molecular weight is 563 g/mol. The van der Waals surface area contributed by atoms with E-state index >= 15 is 0 Å². The molecule has 4 aromatic carbocycles. The lowest BCUT2D eigenvalue weighted by Crippen LogP contribution is -2.14. The first-order valence-corrected chi connectivity index (χ1v) is 16.6. The minimum absolute atomic E-state index is 0.135. The Hall–Kier alpha value is -3.06. The van der Waals surface area contributed by atoms with Gasteiger partial charge in [0.25, 0.3) is 0 Å². The van der Waals surface area contributed by atoms with Crippen molar-refractivity contribution in [3.8, 4) is 5.75 Å². The minimum Gasteiger partial charge on any atom is -0.494 e. The summed E-state index contributed by atoms with van der Waals surface area (Å²) in [4.78, 5) is 2.51. The third-order valence-electron chi connectivity index (χ3n) is 6.57. The van der Waals surface area contributed by atoms with Crippen molar-refractivity contribution < 1.29 is 16.8 Å². The molecular weight excluding hydrogens is 524 g/mol. The summed E-state index contributed by atoms with van der Waals surface area (Å²) in [6.07, 6.45) is 7.24. The first kappa shape index (κ1) is 28.9. The van der Waals surface area contributed by atoms with E-state index in [0.717, 1.165) is 38.8 Å². The molecule has 0 amide bonds. The van der Waals surface area contributed by atoms with Crippen LogP contribution in [0.15, 0.2) is 129 Å². The SMILES string of the molecule is CCCCCCCCOc1ccc(S(OS(=O)(=O)c2ccc(C)cc2)(c2ccccc2)c2ccccc2)cc1. The highest BCUT2D eigenvalue weighted by Crippen LogP contribution is 2.70. The highest BCUT2D eigenvalue weighted by atomic mass is 32.3. The van der Waals surface area contributed by atoms with Crippen LogP contribution < -0.4 is 4.74 Å². The Morgan fingerprint density at radius 1 is 0.564 bits per heavy atom. The van der Waals surface area contributed by atoms with Gasteiger partial charge in [0, 0.05) is 14.7 Å². The lowest BCUT2D eigenvalue weighted by atomic mass is 10.1. The summed E-state index contributed by atoms with van der Waals surface area (Å²) >= 11 is 0. The molecule has 4 rings (SSSR count). The van der Waals surface area contributed by atoms with Gasteiger partial charge in [-0.3, -0.25) is 0 Å². The smallest absolute Gasteiger partial charge is 0.307 e. The van der Waals surface area contributed by atoms with E-state index in [0.29, 0.717) is 6.61 Å². The van der Waals surface area contributed by atoms with Crippen LogP contribution in [-0.4, -0.2) is 15.0 Å². The van der Waals surface area contributed by atoms with E-state index < -0.39 is 20.4 Å². The van der Waals surface area contributed by atoms with E-state index in [4.69, 9.17) is 8.37 Å². The maximum atomic E-state index is 13.8.